The van der Waals surface area contributed by atoms with Crippen molar-refractivity contribution in [3.63, 3.8) is 0 Å². The third-order valence-electron chi connectivity index (χ3n) is 10.5. The van der Waals surface area contributed by atoms with E-state index >= 15 is 0 Å². The third kappa shape index (κ3) is 8.35. The molecule has 0 unspecified atom stereocenters. The molecule has 4 heterocycles. The van der Waals surface area contributed by atoms with Gasteiger partial charge in [0.15, 0.2) is 23.9 Å². The first-order valence-electron chi connectivity index (χ1n) is 17.7. The minimum absolute atomic E-state index is 0.00455. The molecule has 7 rings (SSSR count). The van der Waals surface area contributed by atoms with Crippen LogP contribution in [0.3, 0.4) is 0 Å². The molecule has 3 aliphatic heterocycles. The highest BCUT2D eigenvalue weighted by Crippen LogP contribution is 2.41. The van der Waals surface area contributed by atoms with E-state index in [0.717, 1.165) is 31.5 Å². The summed E-state index contributed by atoms with van der Waals surface area (Å²) in [5, 5.41) is 23.2. The van der Waals surface area contributed by atoms with Crippen LogP contribution in [-0.2, 0) is 23.1 Å². The lowest BCUT2D eigenvalue weighted by Gasteiger charge is -2.44. The number of benzene rings is 3. The van der Waals surface area contributed by atoms with Gasteiger partial charge in [-0.15, -0.1) is 0 Å². The molecule has 3 aliphatic rings. The summed E-state index contributed by atoms with van der Waals surface area (Å²) in [6.45, 7) is 9.03. The number of ether oxygens (including phenoxy) is 3. The number of carboxylic acid groups (broad SMARTS) is 1. The summed E-state index contributed by atoms with van der Waals surface area (Å²) in [6, 6.07) is 18.3. The Hall–Kier alpha value is -4.51. The van der Waals surface area contributed by atoms with Gasteiger partial charge in [-0.2, -0.15) is 4.73 Å². The number of hydrogen-bond acceptors (Lipinski definition) is 7. The number of anilines is 1. The average Bonchev–Trinajstić information content (AvgIpc) is 3.13. The van der Waals surface area contributed by atoms with Crippen LogP contribution in [0.2, 0.25) is 10.0 Å². The number of rotatable bonds is 11. The van der Waals surface area contributed by atoms with E-state index in [1.807, 2.05) is 36.4 Å². The highest BCUT2D eigenvalue weighted by molar-refractivity contribution is 6.35. The zero-order valence-corrected chi connectivity index (χ0v) is 32.1. The largest absolute Gasteiger partial charge is 0.619 e. The number of aromatic carboxylic acids is 1. The summed E-state index contributed by atoms with van der Waals surface area (Å²) in [5.74, 6) is -0.611. The van der Waals surface area contributed by atoms with Gasteiger partial charge in [0.2, 0.25) is 0 Å². The van der Waals surface area contributed by atoms with Crippen LogP contribution in [0.1, 0.15) is 77.7 Å². The number of amides is 1. The molecule has 3 saturated heterocycles. The van der Waals surface area contributed by atoms with Gasteiger partial charge in [-0.25, -0.2) is 9.59 Å². The van der Waals surface area contributed by atoms with E-state index in [-0.39, 0.29) is 40.1 Å². The third-order valence-corrected chi connectivity index (χ3v) is 11.1. The highest BCUT2D eigenvalue weighted by atomic mass is 35.5. The van der Waals surface area contributed by atoms with E-state index < -0.39 is 18.0 Å². The highest BCUT2D eigenvalue weighted by Gasteiger charge is 2.38. The van der Waals surface area contributed by atoms with Gasteiger partial charge in [-0.05, 0) is 96.3 Å². The van der Waals surface area contributed by atoms with Crippen LogP contribution in [0, 0.1) is 11.1 Å². The molecule has 53 heavy (non-hydrogen) atoms. The molecule has 10 nitrogen and oxygen atoms in total. The Morgan fingerprint density at radius 2 is 1.66 bits per heavy atom. The molecular formula is C41H45Cl2N3O7. The molecule has 0 saturated carbocycles. The molecule has 3 aromatic carbocycles. The second-order valence-corrected chi connectivity index (χ2v) is 15.6. The van der Waals surface area contributed by atoms with E-state index in [0.29, 0.717) is 56.6 Å². The molecule has 0 aliphatic carbocycles. The molecule has 0 spiro atoms. The number of hydrogen-bond donors (Lipinski definition) is 1. The van der Waals surface area contributed by atoms with Crippen molar-refractivity contribution in [1.29, 1.82) is 0 Å². The fourth-order valence-electron chi connectivity index (χ4n) is 7.54. The van der Waals surface area contributed by atoms with Crippen molar-refractivity contribution in [3.05, 3.63) is 122 Å². The van der Waals surface area contributed by atoms with Gasteiger partial charge in [0.05, 0.1) is 26.3 Å². The molecule has 1 N–H and O–H groups in total. The molecule has 3 fully saturated rings. The molecule has 4 aromatic rings. The van der Waals surface area contributed by atoms with Gasteiger partial charge in [0.1, 0.15) is 16.1 Å². The van der Waals surface area contributed by atoms with Crippen molar-refractivity contribution in [3.8, 4) is 11.5 Å². The monoisotopic (exact) mass is 761 g/mol. The SMILES string of the molecule is COc1ccc([C@H](Cc2c(Cl)c[n+]([O-])cc2Cl)c2c(CN(C(=O)O[C@H]3CN4CCC3CC4)c3cccc(C(C)(C)C)c3)cccc2C(=O)O)cc1OC. The molecule has 0 radical (unpaired) electrons. The van der Waals surface area contributed by atoms with Crippen LogP contribution < -0.4 is 19.1 Å². The smallest absolute Gasteiger partial charge is 0.414 e. The summed E-state index contributed by atoms with van der Waals surface area (Å²) >= 11 is 13.3. The maximum absolute atomic E-state index is 14.5. The molecule has 12 heteroatoms. The number of halogens is 2. The lowest BCUT2D eigenvalue weighted by Crippen LogP contribution is -2.53. The number of nitrogens with zero attached hydrogens (tertiary/aromatic N) is 3. The van der Waals surface area contributed by atoms with Gasteiger partial charge in [0, 0.05) is 23.7 Å². The molecule has 280 valence electrons. The predicted molar refractivity (Wildman–Crippen MR) is 205 cm³/mol. The molecule has 2 bridgehead atoms. The average molecular weight is 763 g/mol. The van der Waals surface area contributed by atoms with Crippen LogP contribution in [0.4, 0.5) is 10.5 Å². The fourth-order valence-corrected chi connectivity index (χ4v) is 8.14. The topological polar surface area (TPSA) is 115 Å². The number of carbonyl (C=O) groups is 2. The zero-order chi connectivity index (χ0) is 38.0. The van der Waals surface area contributed by atoms with Crippen LogP contribution in [0.5, 0.6) is 11.5 Å². The van der Waals surface area contributed by atoms with E-state index in [9.17, 15) is 19.9 Å². The number of pyridine rings is 1. The number of carbonyl (C=O) groups excluding carboxylic acids is 1. The van der Waals surface area contributed by atoms with Crippen molar-refractivity contribution >= 4 is 41.0 Å². The van der Waals surface area contributed by atoms with Crippen molar-refractivity contribution in [1.82, 2.24) is 4.90 Å². The van der Waals surface area contributed by atoms with E-state index in [2.05, 4.69) is 25.7 Å². The molecule has 1 aromatic heterocycles. The van der Waals surface area contributed by atoms with Crippen LogP contribution >= 0.6 is 23.2 Å². The quantitative estimate of drug-likeness (QED) is 0.120. The number of aromatic nitrogens is 1. The standard InChI is InChI=1S/C41H45Cl2N3O7/c1-41(2,3)28-9-7-10-29(19-28)46(40(49)53-37-24-44-16-14-25(37)15-17-44)21-27-8-6-11-30(39(47)48)38(27)31(20-32-33(42)22-45(50)23-34(32)43)26-12-13-35(51-4)36(18-26)52-5/h6-13,18-19,22-23,25,31,37H,14-17,20-21,24H2,1-5H3,(H,47,48)/t31-,37-/m0/s1. The summed E-state index contributed by atoms with van der Waals surface area (Å²) in [4.78, 5) is 31.5. The molecule has 2 atom stereocenters. The summed E-state index contributed by atoms with van der Waals surface area (Å²) in [7, 11) is 3.06. The minimum Gasteiger partial charge on any atom is -0.619 e. The maximum atomic E-state index is 14.5. The first-order valence-corrected chi connectivity index (χ1v) is 18.5. The van der Waals surface area contributed by atoms with Crippen LogP contribution in [0.25, 0.3) is 0 Å². The first-order chi connectivity index (χ1) is 25.3. The maximum Gasteiger partial charge on any atom is 0.414 e. The lowest BCUT2D eigenvalue weighted by atomic mass is 9.80. The zero-order valence-electron chi connectivity index (χ0n) is 30.6. The van der Waals surface area contributed by atoms with E-state index in [1.165, 1.54) is 26.6 Å². The number of methoxy groups -OCH3 is 2. The molecular weight excluding hydrogens is 717 g/mol. The van der Waals surface area contributed by atoms with Crippen molar-refractivity contribution in [2.75, 3.05) is 38.8 Å². The second kappa shape index (κ2) is 15.8. The minimum atomic E-state index is -1.15. The second-order valence-electron chi connectivity index (χ2n) is 14.8. The summed E-state index contributed by atoms with van der Waals surface area (Å²) < 4.78 is 18.0. The van der Waals surface area contributed by atoms with E-state index in [4.69, 9.17) is 37.4 Å². The Balaban J connectivity index is 1.51. The van der Waals surface area contributed by atoms with Crippen LogP contribution in [-0.4, -0.2) is 62.0 Å². The Morgan fingerprint density at radius 1 is 0.981 bits per heavy atom. The Labute approximate surface area is 320 Å². The predicted octanol–water partition coefficient (Wildman–Crippen LogP) is 8.25. The van der Waals surface area contributed by atoms with Gasteiger partial charge in [0.25, 0.3) is 0 Å². The number of piperidine rings is 3. The van der Waals surface area contributed by atoms with E-state index in [1.54, 1.807) is 29.2 Å². The fraction of sp³-hybridized carbons (Fsp3) is 0.390. The Morgan fingerprint density at radius 3 is 2.26 bits per heavy atom. The first kappa shape index (κ1) is 38.2. The summed E-state index contributed by atoms with van der Waals surface area (Å²) in [5.41, 5.74) is 3.67. The van der Waals surface area contributed by atoms with Gasteiger partial charge in [-0.3, -0.25) is 9.80 Å². The van der Waals surface area contributed by atoms with Gasteiger partial charge >= 0.3 is 12.1 Å². The van der Waals surface area contributed by atoms with Crippen LogP contribution in [0.15, 0.2) is 73.1 Å². The Kier molecular flexibility index (Phi) is 11.4. The van der Waals surface area contributed by atoms with Crippen molar-refractivity contribution in [2.24, 2.45) is 5.92 Å². The lowest BCUT2D eigenvalue weighted by molar-refractivity contribution is -0.605. The number of carboxylic acids is 1. The molecule has 1 amide bonds. The number of fused-ring (bicyclic) bond motifs is 3. The Bertz CT molecular complexity index is 1970. The summed E-state index contributed by atoms with van der Waals surface area (Å²) in [6.07, 6.45) is 3.76. The van der Waals surface area contributed by atoms with Crippen molar-refractivity contribution < 1.29 is 33.6 Å². The van der Waals surface area contributed by atoms with Gasteiger partial charge < -0.3 is 24.5 Å². The normalized spacial score (nSPS) is 18.7. The van der Waals surface area contributed by atoms with Gasteiger partial charge in [-0.1, -0.05) is 74.3 Å². The van der Waals surface area contributed by atoms with Crippen molar-refractivity contribution in [2.45, 2.75) is 64.0 Å².